The topological polar surface area (TPSA) is 52.9 Å². The van der Waals surface area contributed by atoms with E-state index in [-0.39, 0.29) is 5.91 Å². The molecule has 5 heteroatoms. The first-order valence-corrected chi connectivity index (χ1v) is 6.25. The molecular formula is C13H15ClN2O2. The van der Waals surface area contributed by atoms with Gasteiger partial charge >= 0.3 is 0 Å². The summed E-state index contributed by atoms with van der Waals surface area (Å²) in [7, 11) is 0. The van der Waals surface area contributed by atoms with Crippen molar-refractivity contribution in [3.05, 3.63) is 34.3 Å². The zero-order valence-corrected chi connectivity index (χ0v) is 10.9. The van der Waals surface area contributed by atoms with Crippen LogP contribution in [0.15, 0.2) is 23.4 Å². The fourth-order valence-electron chi connectivity index (χ4n) is 2.11. The SMILES string of the molecule is Cc1cc(Cl)ccc1C(=O)N1CCC(=NO)CC1. The predicted octanol–water partition coefficient (Wildman–Crippen LogP) is 2.71. The van der Waals surface area contributed by atoms with Gasteiger partial charge in [0.1, 0.15) is 0 Å². The molecule has 18 heavy (non-hydrogen) atoms. The molecule has 0 aromatic heterocycles. The quantitative estimate of drug-likeness (QED) is 0.628. The van der Waals surface area contributed by atoms with Crippen molar-refractivity contribution in [1.29, 1.82) is 0 Å². The molecule has 1 saturated heterocycles. The summed E-state index contributed by atoms with van der Waals surface area (Å²) in [5.41, 5.74) is 2.32. The van der Waals surface area contributed by atoms with Crippen molar-refractivity contribution in [2.24, 2.45) is 5.16 Å². The van der Waals surface area contributed by atoms with Gasteiger partial charge in [-0.1, -0.05) is 16.8 Å². The Bertz CT molecular complexity index is 490. The number of halogens is 1. The van der Waals surface area contributed by atoms with Crippen LogP contribution in [0, 0.1) is 6.92 Å². The molecule has 2 rings (SSSR count). The van der Waals surface area contributed by atoms with E-state index < -0.39 is 0 Å². The molecule has 0 atom stereocenters. The smallest absolute Gasteiger partial charge is 0.254 e. The van der Waals surface area contributed by atoms with Crippen molar-refractivity contribution in [3.8, 4) is 0 Å². The molecule has 0 bridgehead atoms. The van der Waals surface area contributed by atoms with Gasteiger partial charge in [-0.3, -0.25) is 4.79 Å². The van der Waals surface area contributed by atoms with Crippen LogP contribution in [0.5, 0.6) is 0 Å². The molecule has 0 spiro atoms. The number of nitrogens with zero attached hydrogens (tertiary/aromatic N) is 2. The third-order valence-corrected chi connectivity index (χ3v) is 3.42. The molecule has 1 heterocycles. The summed E-state index contributed by atoms with van der Waals surface area (Å²) in [4.78, 5) is 14.1. The van der Waals surface area contributed by atoms with Crippen LogP contribution in [0.4, 0.5) is 0 Å². The number of piperidine rings is 1. The van der Waals surface area contributed by atoms with Crippen LogP contribution >= 0.6 is 11.6 Å². The van der Waals surface area contributed by atoms with E-state index in [1.54, 1.807) is 23.1 Å². The molecule has 1 aromatic rings. The fraction of sp³-hybridized carbons (Fsp3) is 0.385. The minimum Gasteiger partial charge on any atom is -0.411 e. The Morgan fingerprint density at radius 1 is 1.39 bits per heavy atom. The van der Waals surface area contributed by atoms with Gasteiger partial charge in [0.25, 0.3) is 5.91 Å². The number of likely N-dealkylation sites (tertiary alicyclic amines) is 1. The van der Waals surface area contributed by atoms with Crippen molar-refractivity contribution < 1.29 is 10.0 Å². The van der Waals surface area contributed by atoms with Crippen molar-refractivity contribution in [3.63, 3.8) is 0 Å². The lowest BCUT2D eigenvalue weighted by atomic mass is 10.0. The predicted molar refractivity (Wildman–Crippen MR) is 70.5 cm³/mol. The molecule has 4 nitrogen and oxygen atoms in total. The molecule has 0 unspecified atom stereocenters. The van der Waals surface area contributed by atoms with Gasteiger partial charge in [0.15, 0.2) is 0 Å². The number of carbonyl (C=O) groups is 1. The third-order valence-electron chi connectivity index (χ3n) is 3.19. The van der Waals surface area contributed by atoms with Crippen molar-refractivity contribution in [2.75, 3.05) is 13.1 Å². The number of hydrogen-bond acceptors (Lipinski definition) is 3. The molecule has 1 aliphatic heterocycles. The van der Waals surface area contributed by atoms with Gasteiger partial charge in [0.2, 0.25) is 0 Å². The average molecular weight is 267 g/mol. The highest BCUT2D eigenvalue weighted by atomic mass is 35.5. The van der Waals surface area contributed by atoms with Crippen LogP contribution in [0.25, 0.3) is 0 Å². The number of aryl methyl sites for hydroxylation is 1. The van der Waals surface area contributed by atoms with Crippen LogP contribution < -0.4 is 0 Å². The highest BCUT2D eigenvalue weighted by molar-refractivity contribution is 6.30. The second kappa shape index (κ2) is 5.40. The molecule has 1 aliphatic rings. The van der Waals surface area contributed by atoms with Crippen LogP contribution in [0.2, 0.25) is 5.02 Å². The average Bonchev–Trinajstić information content (AvgIpc) is 2.38. The molecule has 1 fully saturated rings. The second-order valence-electron chi connectivity index (χ2n) is 4.42. The van der Waals surface area contributed by atoms with E-state index >= 15 is 0 Å². The number of rotatable bonds is 1. The largest absolute Gasteiger partial charge is 0.411 e. The second-order valence-corrected chi connectivity index (χ2v) is 4.85. The lowest BCUT2D eigenvalue weighted by Gasteiger charge is -2.27. The van der Waals surface area contributed by atoms with Gasteiger partial charge < -0.3 is 10.1 Å². The van der Waals surface area contributed by atoms with E-state index in [0.717, 1.165) is 11.3 Å². The fourth-order valence-corrected chi connectivity index (χ4v) is 2.33. The van der Waals surface area contributed by atoms with Gasteiger partial charge in [-0.2, -0.15) is 0 Å². The van der Waals surface area contributed by atoms with Gasteiger partial charge in [0.05, 0.1) is 5.71 Å². The third kappa shape index (κ3) is 2.64. The Kier molecular flexibility index (Phi) is 3.87. The van der Waals surface area contributed by atoms with Crippen LogP contribution in [-0.2, 0) is 0 Å². The number of hydrogen-bond donors (Lipinski definition) is 1. The van der Waals surface area contributed by atoms with E-state index in [4.69, 9.17) is 16.8 Å². The first-order chi connectivity index (χ1) is 8.61. The van der Waals surface area contributed by atoms with Crippen LogP contribution in [0.3, 0.4) is 0 Å². The number of benzene rings is 1. The highest BCUT2D eigenvalue weighted by Gasteiger charge is 2.22. The maximum Gasteiger partial charge on any atom is 0.254 e. The minimum atomic E-state index is 0.0150. The molecule has 0 aliphatic carbocycles. The Morgan fingerprint density at radius 3 is 2.61 bits per heavy atom. The molecule has 1 amide bonds. The molecule has 0 saturated carbocycles. The minimum absolute atomic E-state index is 0.0150. The maximum absolute atomic E-state index is 12.3. The van der Waals surface area contributed by atoms with Crippen LogP contribution in [0.1, 0.15) is 28.8 Å². The maximum atomic E-state index is 12.3. The first kappa shape index (κ1) is 12.9. The first-order valence-electron chi connectivity index (χ1n) is 5.87. The number of amides is 1. The van der Waals surface area contributed by atoms with Gasteiger partial charge in [-0.15, -0.1) is 0 Å². The molecular weight excluding hydrogens is 252 g/mol. The lowest BCUT2D eigenvalue weighted by Crippen LogP contribution is -2.38. The summed E-state index contributed by atoms with van der Waals surface area (Å²) >= 11 is 5.88. The zero-order valence-electron chi connectivity index (χ0n) is 10.2. The van der Waals surface area contributed by atoms with E-state index in [9.17, 15) is 4.79 Å². The summed E-state index contributed by atoms with van der Waals surface area (Å²) in [6.07, 6.45) is 1.27. The molecule has 1 aromatic carbocycles. The van der Waals surface area contributed by atoms with Crippen molar-refractivity contribution in [1.82, 2.24) is 4.90 Å². The molecule has 1 N–H and O–H groups in total. The van der Waals surface area contributed by atoms with Crippen LogP contribution in [-0.4, -0.2) is 34.8 Å². The summed E-state index contributed by atoms with van der Waals surface area (Å²) in [5, 5.41) is 12.5. The van der Waals surface area contributed by atoms with Crippen molar-refractivity contribution >= 4 is 23.2 Å². The highest BCUT2D eigenvalue weighted by Crippen LogP contribution is 2.18. The van der Waals surface area contributed by atoms with E-state index in [1.165, 1.54) is 0 Å². The summed E-state index contributed by atoms with van der Waals surface area (Å²) in [6, 6.07) is 5.28. The Morgan fingerprint density at radius 2 is 2.06 bits per heavy atom. The molecule has 96 valence electrons. The lowest BCUT2D eigenvalue weighted by molar-refractivity contribution is 0.0753. The number of oxime groups is 1. The van der Waals surface area contributed by atoms with E-state index in [1.807, 2.05) is 6.92 Å². The van der Waals surface area contributed by atoms with Gasteiger partial charge in [0, 0.05) is 36.5 Å². The van der Waals surface area contributed by atoms with Gasteiger partial charge in [-0.25, -0.2) is 0 Å². The standard InChI is InChI=1S/C13H15ClN2O2/c1-9-8-10(14)2-3-12(9)13(17)16-6-4-11(15-18)5-7-16/h2-3,8,18H,4-7H2,1H3. The summed E-state index contributed by atoms with van der Waals surface area (Å²) in [6.45, 7) is 3.07. The Hall–Kier alpha value is -1.55. The Labute approximate surface area is 111 Å². The van der Waals surface area contributed by atoms with Crippen molar-refractivity contribution in [2.45, 2.75) is 19.8 Å². The normalized spacial score (nSPS) is 15.7. The zero-order chi connectivity index (χ0) is 13.1. The monoisotopic (exact) mass is 266 g/mol. The molecule has 0 radical (unpaired) electrons. The summed E-state index contributed by atoms with van der Waals surface area (Å²) < 4.78 is 0. The number of carbonyl (C=O) groups excluding carboxylic acids is 1. The van der Waals surface area contributed by atoms with E-state index in [0.29, 0.717) is 36.5 Å². The van der Waals surface area contributed by atoms with Gasteiger partial charge in [-0.05, 0) is 30.7 Å². The summed E-state index contributed by atoms with van der Waals surface area (Å²) in [5.74, 6) is 0.0150. The van der Waals surface area contributed by atoms with E-state index in [2.05, 4.69) is 5.16 Å². The Balaban J connectivity index is 2.12.